The highest BCUT2D eigenvalue weighted by Gasteiger charge is 2.13. The van der Waals surface area contributed by atoms with Crippen LogP contribution in [0.2, 0.25) is 0 Å². The molecule has 0 fully saturated rings. The first-order valence-electron chi connectivity index (χ1n) is 3.82. The number of hydrazine groups is 1. The van der Waals surface area contributed by atoms with Crippen LogP contribution in [-0.4, -0.2) is 29.6 Å². The molecular weight excluding hydrogens is 174 g/mol. The lowest BCUT2D eigenvalue weighted by atomic mass is 10.2. The Morgan fingerprint density at radius 2 is 2.15 bits per heavy atom. The van der Waals surface area contributed by atoms with E-state index in [1.54, 1.807) is 0 Å². The third-order valence-corrected chi connectivity index (χ3v) is 1.44. The Labute approximate surface area is 76.0 Å². The van der Waals surface area contributed by atoms with Gasteiger partial charge in [0.05, 0.1) is 0 Å². The van der Waals surface area contributed by atoms with Crippen LogP contribution >= 0.6 is 0 Å². The van der Waals surface area contributed by atoms with E-state index in [1.165, 1.54) is 0 Å². The summed E-state index contributed by atoms with van der Waals surface area (Å²) in [6.45, 7) is 0.411. The Morgan fingerprint density at radius 1 is 1.54 bits per heavy atom. The zero-order chi connectivity index (χ0) is 10.3. The summed E-state index contributed by atoms with van der Waals surface area (Å²) in [6, 6.07) is -0.741. The fraction of sp³-hybridized carbons (Fsp3) is 0.667. The predicted octanol–water partition coefficient (Wildman–Crippen LogP) is -2.04. The largest absolute Gasteiger partial charge is 0.480 e. The predicted molar refractivity (Wildman–Crippen MR) is 48.7 cm³/mol. The SMILES string of the molecule is NN[C@@H](CCCN=C(N)N)C(=O)O. The summed E-state index contributed by atoms with van der Waals surface area (Å²) in [5.41, 5.74) is 12.3. The third kappa shape index (κ3) is 5.88. The van der Waals surface area contributed by atoms with Crippen molar-refractivity contribution in [1.82, 2.24) is 5.43 Å². The lowest BCUT2D eigenvalue weighted by molar-refractivity contribution is -0.139. The summed E-state index contributed by atoms with van der Waals surface area (Å²) in [6.07, 6.45) is 0.960. The molecule has 0 saturated carbocycles. The van der Waals surface area contributed by atoms with E-state index in [-0.39, 0.29) is 5.96 Å². The molecule has 0 saturated heterocycles. The molecule has 0 amide bonds. The van der Waals surface area contributed by atoms with Gasteiger partial charge in [-0.3, -0.25) is 15.6 Å². The molecule has 7 nitrogen and oxygen atoms in total. The van der Waals surface area contributed by atoms with Crippen LogP contribution in [0, 0.1) is 0 Å². The molecule has 0 aliphatic rings. The zero-order valence-corrected chi connectivity index (χ0v) is 7.23. The summed E-state index contributed by atoms with van der Waals surface area (Å²) in [4.78, 5) is 14.1. The van der Waals surface area contributed by atoms with Gasteiger partial charge in [0.2, 0.25) is 0 Å². The second kappa shape index (κ2) is 6.21. The number of hydrogen-bond acceptors (Lipinski definition) is 4. The van der Waals surface area contributed by atoms with Crippen molar-refractivity contribution < 1.29 is 9.90 Å². The maximum atomic E-state index is 10.4. The number of nitrogens with two attached hydrogens (primary N) is 3. The molecular formula is C6H15N5O2. The number of carboxylic acid groups (broad SMARTS) is 1. The van der Waals surface area contributed by atoms with E-state index in [2.05, 4.69) is 10.4 Å². The molecule has 0 aliphatic heterocycles. The standard InChI is InChI=1S/C6H15N5O2/c7-6(8)10-3-1-2-4(11-9)5(12)13/h4,11H,1-3,9H2,(H,12,13)(H4,7,8,10)/t4-/m0/s1. The molecule has 76 valence electrons. The van der Waals surface area contributed by atoms with Crippen molar-refractivity contribution in [1.29, 1.82) is 0 Å². The molecule has 0 heterocycles. The van der Waals surface area contributed by atoms with Crippen molar-refractivity contribution >= 4 is 11.9 Å². The van der Waals surface area contributed by atoms with Gasteiger partial charge in [0, 0.05) is 6.54 Å². The van der Waals surface area contributed by atoms with Crippen molar-refractivity contribution in [3.8, 4) is 0 Å². The molecule has 0 spiro atoms. The monoisotopic (exact) mass is 189 g/mol. The van der Waals surface area contributed by atoms with E-state index in [0.717, 1.165) is 0 Å². The van der Waals surface area contributed by atoms with Crippen molar-refractivity contribution in [3.05, 3.63) is 0 Å². The van der Waals surface area contributed by atoms with Crippen molar-refractivity contribution in [3.63, 3.8) is 0 Å². The lowest BCUT2D eigenvalue weighted by Gasteiger charge is -2.08. The van der Waals surface area contributed by atoms with Gasteiger partial charge in [-0.1, -0.05) is 0 Å². The second-order valence-corrected chi connectivity index (χ2v) is 2.51. The van der Waals surface area contributed by atoms with Crippen molar-refractivity contribution in [2.45, 2.75) is 18.9 Å². The van der Waals surface area contributed by atoms with Gasteiger partial charge >= 0.3 is 5.97 Å². The quantitative estimate of drug-likeness (QED) is 0.107. The van der Waals surface area contributed by atoms with Crippen LogP contribution in [-0.2, 0) is 4.79 Å². The third-order valence-electron chi connectivity index (χ3n) is 1.44. The number of carbonyl (C=O) groups is 1. The summed E-state index contributed by atoms with van der Waals surface area (Å²) in [7, 11) is 0. The maximum Gasteiger partial charge on any atom is 0.322 e. The number of carboxylic acids is 1. The van der Waals surface area contributed by atoms with Gasteiger partial charge in [-0.15, -0.1) is 0 Å². The van der Waals surface area contributed by atoms with Crippen LogP contribution in [0.25, 0.3) is 0 Å². The first kappa shape index (κ1) is 11.7. The molecule has 1 atom stereocenters. The highest BCUT2D eigenvalue weighted by Crippen LogP contribution is 1.96. The molecule has 0 aliphatic carbocycles. The molecule has 13 heavy (non-hydrogen) atoms. The van der Waals surface area contributed by atoms with E-state index in [0.29, 0.717) is 19.4 Å². The van der Waals surface area contributed by atoms with E-state index in [4.69, 9.17) is 22.4 Å². The number of guanidine groups is 1. The summed E-state index contributed by atoms with van der Waals surface area (Å²) in [5, 5.41) is 8.55. The Hall–Kier alpha value is -1.34. The van der Waals surface area contributed by atoms with Crippen LogP contribution in [0.1, 0.15) is 12.8 Å². The number of rotatable bonds is 6. The number of hydrogen-bond donors (Lipinski definition) is 5. The summed E-state index contributed by atoms with van der Waals surface area (Å²) in [5.74, 6) is 4.03. The van der Waals surface area contributed by atoms with Gasteiger partial charge < -0.3 is 16.6 Å². The Morgan fingerprint density at radius 3 is 2.54 bits per heavy atom. The maximum absolute atomic E-state index is 10.4. The molecule has 0 bridgehead atoms. The van der Waals surface area contributed by atoms with E-state index < -0.39 is 12.0 Å². The van der Waals surface area contributed by atoms with Gasteiger partial charge in [-0.2, -0.15) is 0 Å². The van der Waals surface area contributed by atoms with Gasteiger partial charge in [0.15, 0.2) is 5.96 Å². The van der Waals surface area contributed by atoms with Crippen LogP contribution in [0.3, 0.4) is 0 Å². The molecule has 0 aromatic carbocycles. The highest BCUT2D eigenvalue weighted by atomic mass is 16.4. The summed E-state index contributed by atoms with van der Waals surface area (Å²) >= 11 is 0. The normalized spacial score (nSPS) is 12.1. The van der Waals surface area contributed by atoms with Gasteiger partial charge in [-0.05, 0) is 12.8 Å². The first-order chi connectivity index (χ1) is 6.07. The van der Waals surface area contributed by atoms with E-state index in [9.17, 15) is 4.79 Å². The van der Waals surface area contributed by atoms with E-state index >= 15 is 0 Å². The molecule has 0 aromatic heterocycles. The molecule has 8 N–H and O–H groups in total. The average molecular weight is 189 g/mol. The topological polar surface area (TPSA) is 140 Å². The molecule has 0 unspecified atom stereocenters. The Kier molecular flexibility index (Phi) is 5.57. The number of aliphatic carboxylic acids is 1. The Balaban J connectivity index is 3.62. The van der Waals surface area contributed by atoms with Crippen LogP contribution in [0.15, 0.2) is 4.99 Å². The average Bonchev–Trinajstić information content (AvgIpc) is 2.03. The molecule has 0 rings (SSSR count). The smallest absolute Gasteiger partial charge is 0.322 e. The fourth-order valence-corrected chi connectivity index (χ4v) is 0.782. The second-order valence-electron chi connectivity index (χ2n) is 2.51. The van der Waals surface area contributed by atoms with E-state index in [1.807, 2.05) is 0 Å². The lowest BCUT2D eigenvalue weighted by Crippen LogP contribution is -2.41. The van der Waals surface area contributed by atoms with Gasteiger partial charge in [0.25, 0.3) is 0 Å². The fourth-order valence-electron chi connectivity index (χ4n) is 0.782. The van der Waals surface area contributed by atoms with Crippen molar-refractivity contribution in [2.75, 3.05) is 6.54 Å². The minimum atomic E-state index is -0.979. The number of nitrogens with zero attached hydrogens (tertiary/aromatic N) is 1. The van der Waals surface area contributed by atoms with Crippen LogP contribution < -0.4 is 22.7 Å². The van der Waals surface area contributed by atoms with Crippen LogP contribution in [0.5, 0.6) is 0 Å². The number of aliphatic imine (C=N–C) groups is 1. The number of nitrogens with one attached hydrogen (secondary N) is 1. The minimum Gasteiger partial charge on any atom is -0.480 e. The molecule has 0 radical (unpaired) electrons. The van der Waals surface area contributed by atoms with Crippen molar-refractivity contribution in [2.24, 2.45) is 22.3 Å². The Bertz CT molecular complexity index is 189. The highest BCUT2D eigenvalue weighted by molar-refractivity contribution is 5.75. The molecule has 0 aromatic rings. The summed E-state index contributed by atoms with van der Waals surface area (Å²) < 4.78 is 0. The zero-order valence-electron chi connectivity index (χ0n) is 7.23. The van der Waals surface area contributed by atoms with Gasteiger partial charge in [-0.25, -0.2) is 5.43 Å². The first-order valence-corrected chi connectivity index (χ1v) is 3.82. The van der Waals surface area contributed by atoms with Crippen LogP contribution in [0.4, 0.5) is 0 Å². The minimum absolute atomic E-state index is 0.00702. The van der Waals surface area contributed by atoms with Gasteiger partial charge in [0.1, 0.15) is 6.04 Å². The molecule has 7 heteroatoms.